The molecule has 0 saturated carbocycles. The molecule has 3 rings (SSSR count). The second-order valence-corrected chi connectivity index (χ2v) is 4.90. The molecule has 4 heteroatoms. The first-order valence-corrected chi connectivity index (χ1v) is 6.51. The van der Waals surface area contributed by atoms with E-state index >= 15 is 0 Å². The Balaban J connectivity index is 2.07. The zero-order valence-corrected chi connectivity index (χ0v) is 11.2. The second-order valence-electron chi connectivity index (χ2n) is 4.50. The van der Waals surface area contributed by atoms with Gasteiger partial charge in [-0.1, -0.05) is 35.9 Å². The molecule has 1 unspecified atom stereocenters. The molecular formula is C16H11ClFNO. The molecule has 1 heterocycles. The number of pyridine rings is 1. The van der Waals surface area contributed by atoms with Crippen molar-refractivity contribution in [2.24, 2.45) is 0 Å². The quantitative estimate of drug-likeness (QED) is 0.769. The summed E-state index contributed by atoms with van der Waals surface area (Å²) in [7, 11) is 0. The van der Waals surface area contributed by atoms with Crippen LogP contribution in [0.1, 0.15) is 17.4 Å². The number of rotatable bonds is 2. The maximum Gasteiger partial charge on any atom is 0.123 e. The minimum Gasteiger partial charge on any atom is -0.382 e. The van der Waals surface area contributed by atoms with Crippen LogP contribution in [0, 0.1) is 5.82 Å². The monoisotopic (exact) mass is 287 g/mol. The van der Waals surface area contributed by atoms with E-state index in [9.17, 15) is 9.50 Å². The van der Waals surface area contributed by atoms with E-state index in [1.165, 1.54) is 18.2 Å². The van der Waals surface area contributed by atoms with Crippen molar-refractivity contribution in [1.29, 1.82) is 0 Å². The summed E-state index contributed by atoms with van der Waals surface area (Å²) >= 11 is 6.00. The summed E-state index contributed by atoms with van der Waals surface area (Å²) in [6, 6.07) is 15.1. The molecule has 0 saturated heterocycles. The molecule has 1 N–H and O–H groups in total. The Morgan fingerprint density at radius 2 is 1.85 bits per heavy atom. The Labute approximate surface area is 120 Å². The van der Waals surface area contributed by atoms with E-state index in [1.807, 2.05) is 30.3 Å². The van der Waals surface area contributed by atoms with Crippen LogP contribution in [0.25, 0.3) is 10.9 Å². The van der Waals surface area contributed by atoms with E-state index in [1.54, 1.807) is 6.07 Å². The third-order valence-electron chi connectivity index (χ3n) is 3.15. The number of nitrogens with zero attached hydrogens (tertiary/aromatic N) is 1. The van der Waals surface area contributed by atoms with Crippen molar-refractivity contribution < 1.29 is 9.50 Å². The lowest BCUT2D eigenvalue weighted by Crippen LogP contribution is -2.03. The topological polar surface area (TPSA) is 33.1 Å². The van der Waals surface area contributed by atoms with Crippen molar-refractivity contribution in [3.8, 4) is 0 Å². The summed E-state index contributed by atoms with van der Waals surface area (Å²) in [6.07, 6.45) is -1.05. The third-order valence-corrected chi connectivity index (χ3v) is 3.50. The van der Waals surface area contributed by atoms with Gasteiger partial charge in [0.2, 0.25) is 0 Å². The number of benzene rings is 2. The molecule has 0 spiro atoms. The Morgan fingerprint density at radius 3 is 2.70 bits per heavy atom. The van der Waals surface area contributed by atoms with Crippen LogP contribution < -0.4 is 0 Å². The molecular weight excluding hydrogens is 277 g/mol. The summed E-state index contributed by atoms with van der Waals surface area (Å²) in [6.45, 7) is 0. The van der Waals surface area contributed by atoms with Gasteiger partial charge in [-0.3, -0.25) is 0 Å². The highest BCUT2D eigenvalue weighted by atomic mass is 35.5. The van der Waals surface area contributed by atoms with Crippen LogP contribution in [-0.4, -0.2) is 10.1 Å². The zero-order valence-electron chi connectivity index (χ0n) is 10.4. The lowest BCUT2D eigenvalue weighted by atomic mass is 10.0. The van der Waals surface area contributed by atoms with Crippen LogP contribution in [0.5, 0.6) is 0 Å². The van der Waals surface area contributed by atoms with Crippen LogP contribution in [-0.2, 0) is 0 Å². The summed E-state index contributed by atoms with van der Waals surface area (Å²) in [5.41, 5.74) is 1.53. The first-order valence-electron chi connectivity index (χ1n) is 6.14. The van der Waals surface area contributed by atoms with E-state index in [0.29, 0.717) is 16.3 Å². The van der Waals surface area contributed by atoms with Crippen molar-refractivity contribution in [2.75, 3.05) is 0 Å². The van der Waals surface area contributed by atoms with Crippen LogP contribution in [0.4, 0.5) is 4.39 Å². The normalized spacial score (nSPS) is 12.6. The van der Waals surface area contributed by atoms with Crippen molar-refractivity contribution in [3.63, 3.8) is 0 Å². The minimum atomic E-state index is -1.05. The Bertz CT molecular complexity index is 775. The van der Waals surface area contributed by atoms with Gasteiger partial charge in [-0.05, 0) is 30.3 Å². The van der Waals surface area contributed by atoms with Crippen molar-refractivity contribution >= 4 is 22.5 Å². The van der Waals surface area contributed by atoms with Crippen molar-refractivity contribution in [3.05, 3.63) is 76.7 Å². The first-order chi connectivity index (χ1) is 9.65. The molecule has 0 aliphatic heterocycles. The molecule has 3 aromatic rings. The fraction of sp³-hybridized carbons (Fsp3) is 0.0625. The van der Waals surface area contributed by atoms with Gasteiger partial charge in [0.15, 0.2) is 0 Å². The zero-order chi connectivity index (χ0) is 14.1. The van der Waals surface area contributed by atoms with Gasteiger partial charge >= 0.3 is 0 Å². The molecule has 0 fully saturated rings. The SMILES string of the molecule is OC(c1ccc2ccccc2n1)c1cc(F)ccc1Cl. The number of para-hydroxylation sites is 1. The fourth-order valence-electron chi connectivity index (χ4n) is 2.12. The molecule has 100 valence electrons. The number of aliphatic hydroxyl groups is 1. The summed E-state index contributed by atoms with van der Waals surface area (Å²) in [4.78, 5) is 4.39. The van der Waals surface area contributed by atoms with Gasteiger partial charge < -0.3 is 5.11 Å². The lowest BCUT2D eigenvalue weighted by molar-refractivity contribution is 0.215. The highest BCUT2D eigenvalue weighted by Gasteiger charge is 2.16. The van der Waals surface area contributed by atoms with Crippen molar-refractivity contribution in [1.82, 2.24) is 4.98 Å². The van der Waals surface area contributed by atoms with Gasteiger partial charge in [0.25, 0.3) is 0 Å². The fourth-order valence-corrected chi connectivity index (χ4v) is 2.34. The average Bonchev–Trinajstić information content (AvgIpc) is 2.48. The summed E-state index contributed by atoms with van der Waals surface area (Å²) in [5.74, 6) is -0.441. The molecule has 1 atom stereocenters. The van der Waals surface area contributed by atoms with E-state index in [0.717, 1.165) is 10.9 Å². The number of hydrogen-bond acceptors (Lipinski definition) is 2. The average molecular weight is 288 g/mol. The molecule has 0 radical (unpaired) electrons. The van der Waals surface area contributed by atoms with E-state index in [2.05, 4.69) is 4.98 Å². The number of aliphatic hydroxyl groups excluding tert-OH is 1. The van der Waals surface area contributed by atoms with E-state index < -0.39 is 11.9 Å². The number of hydrogen-bond donors (Lipinski definition) is 1. The Hall–Kier alpha value is -1.97. The Morgan fingerprint density at radius 1 is 1.05 bits per heavy atom. The van der Waals surface area contributed by atoms with Crippen molar-refractivity contribution in [2.45, 2.75) is 6.10 Å². The van der Waals surface area contributed by atoms with Gasteiger partial charge in [-0.25, -0.2) is 9.37 Å². The van der Waals surface area contributed by atoms with E-state index in [4.69, 9.17) is 11.6 Å². The molecule has 1 aromatic heterocycles. The maximum atomic E-state index is 13.3. The van der Waals surface area contributed by atoms with Crippen LogP contribution in [0.2, 0.25) is 5.02 Å². The standard InChI is InChI=1S/C16H11ClFNO/c17-13-7-6-11(18)9-12(13)16(20)15-8-5-10-3-1-2-4-14(10)19-15/h1-9,16,20H. The third kappa shape index (κ3) is 2.38. The van der Waals surface area contributed by atoms with Gasteiger partial charge in [-0.2, -0.15) is 0 Å². The molecule has 0 aliphatic carbocycles. The Kier molecular flexibility index (Phi) is 3.38. The first kappa shape index (κ1) is 13.0. The minimum absolute atomic E-state index is 0.314. The predicted octanol–water partition coefficient (Wildman–Crippen LogP) is 4.11. The molecule has 0 amide bonds. The molecule has 2 aromatic carbocycles. The maximum absolute atomic E-state index is 13.3. The lowest BCUT2D eigenvalue weighted by Gasteiger charge is -2.13. The largest absolute Gasteiger partial charge is 0.382 e. The van der Waals surface area contributed by atoms with E-state index in [-0.39, 0.29) is 0 Å². The molecule has 0 bridgehead atoms. The highest BCUT2D eigenvalue weighted by Crippen LogP contribution is 2.28. The molecule has 0 aliphatic rings. The van der Waals surface area contributed by atoms with Crippen LogP contribution in [0.3, 0.4) is 0 Å². The number of aromatic nitrogens is 1. The van der Waals surface area contributed by atoms with Gasteiger partial charge in [0.1, 0.15) is 11.9 Å². The summed E-state index contributed by atoms with van der Waals surface area (Å²) in [5, 5.41) is 11.6. The number of fused-ring (bicyclic) bond motifs is 1. The molecule has 20 heavy (non-hydrogen) atoms. The second kappa shape index (κ2) is 5.19. The summed E-state index contributed by atoms with van der Waals surface area (Å²) < 4.78 is 13.3. The van der Waals surface area contributed by atoms with Crippen LogP contribution in [0.15, 0.2) is 54.6 Å². The highest BCUT2D eigenvalue weighted by molar-refractivity contribution is 6.31. The number of halogens is 2. The van der Waals surface area contributed by atoms with Crippen LogP contribution >= 0.6 is 11.6 Å². The molecule has 2 nitrogen and oxygen atoms in total. The van der Waals surface area contributed by atoms with Gasteiger partial charge in [0, 0.05) is 16.0 Å². The van der Waals surface area contributed by atoms with Gasteiger partial charge in [-0.15, -0.1) is 0 Å². The smallest absolute Gasteiger partial charge is 0.123 e. The predicted molar refractivity (Wildman–Crippen MR) is 77.2 cm³/mol. The van der Waals surface area contributed by atoms with Gasteiger partial charge in [0.05, 0.1) is 11.2 Å².